The standard InChI is InChI=1S/C20H19F3N2O/c1-13-9-10-15(11-17(13)20(21,22)23)25-19(26)8-4-5-14-12-24-18-7-3-2-6-16(14)18/h2-3,6-7,9-12,24H,4-5,8H2,1H3,(H,25,26). The summed E-state index contributed by atoms with van der Waals surface area (Å²) in [5.74, 6) is -0.290. The molecule has 3 aromatic rings. The van der Waals surface area contributed by atoms with Gasteiger partial charge >= 0.3 is 6.18 Å². The Morgan fingerprint density at radius 3 is 2.69 bits per heavy atom. The number of rotatable bonds is 5. The van der Waals surface area contributed by atoms with Crippen molar-refractivity contribution in [2.45, 2.75) is 32.4 Å². The molecule has 1 aromatic heterocycles. The van der Waals surface area contributed by atoms with Gasteiger partial charge in [0.25, 0.3) is 0 Å². The predicted molar refractivity (Wildman–Crippen MR) is 96.0 cm³/mol. The highest BCUT2D eigenvalue weighted by atomic mass is 19.4. The largest absolute Gasteiger partial charge is 0.416 e. The first-order valence-corrected chi connectivity index (χ1v) is 8.37. The summed E-state index contributed by atoms with van der Waals surface area (Å²) >= 11 is 0. The van der Waals surface area contributed by atoms with Crippen LogP contribution in [0.5, 0.6) is 0 Å². The summed E-state index contributed by atoms with van der Waals surface area (Å²) in [6, 6.07) is 11.8. The zero-order valence-electron chi connectivity index (χ0n) is 14.3. The van der Waals surface area contributed by atoms with E-state index in [0.717, 1.165) is 29.0 Å². The monoisotopic (exact) mass is 360 g/mol. The Kier molecular flexibility index (Phi) is 5.02. The minimum Gasteiger partial charge on any atom is -0.361 e. The van der Waals surface area contributed by atoms with Crippen molar-refractivity contribution in [2.24, 2.45) is 0 Å². The summed E-state index contributed by atoms with van der Waals surface area (Å²) in [5, 5.41) is 3.68. The molecule has 0 aliphatic rings. The number of amides is 1. The predicted octanol–water partition coefficient (Wildman–Crippen LogP) is 5.46. The Labute approximate surface area is 149 Å². The van der Waals surface area contributed by atoms with Crippen LogP contribution in [0.4, 0.5) is 18.9 Å². The SMILES string of the molecule is Cc1ccc(NC(=O)CCCc2c[nH]c3ccccc23)cc1C(F)(F)F. The molecule has 0 radical (unpaired) electrons. The molecule has 1 heterocycles. The van der Waals surface area contributed by atoms with E-state index < -0.39 is 11.7 Å². The second-order valence-electron chi connectivity index (χ2n) is 6.29. The third-order valence-electron chi connectivity index (χ3n) is 4.35. The van der Waals surface area contributed by atoms with Crippen LogP contribution in [-0.2, 0) is 17.4 Å². The third-order valence-corrected chi connectivity index (χ3v) is 4.35. The second-order valence-corrected chi connectivity index (χ2v) is 6.29. The number of anilines is 1. The van der Waals surface area contributed by atoms with Crippen LogP contribution in [0.2, 0.25) is 0 Å². The third kappa shape index (κ3) is 4.07. The van der Waals surface area contributed by atoms with Crippen LogP contribution >= 0.6 is 0 Å². The highest BCUT2D eigenvalue weighted by molar-refractivity contribution is 5.91. The van der Waals surface area contributed by atoms with Crippen LogP contribution < -0.4 is 5.32 Å². The summed E-state index contributed by atoms with van der Waals surface area (Å²) in [5.41, 5.74) is 1.75. The molecule has 26 heavy (non-hydrogen) atoms. The van der Waals surface area contributed by atoms with Crippen molar-refractivity contribution in [1.29, 1.82) is 0 Å². The summed E-state index contributed by atoms with van der Waals surface area (Å²) < 4.78 is 38.8. The first-order chi connectivity index (χ1) is 12.3. The molecule has 3 rings (SSSR count). The smallest absolute Gasteiger partial charge is 0.361 e. The van der Waals surface area contributed by atoms with Gasteiger partial charge in [0.2, 0.25) is 5.91 Å². The lowest BCUT2D eigenvalue weighted by atomic mass is 10.1. The number of halogens is 3. The molecule has 2 aromatic carbocycles. The Morgan fingerprint density at radius 2 is 1.92 bits per heavy atom. The molecule has 0 saturated carbocycles. The summed E-state index contributed by atoms with van der Waals surface area (Å²) in [6.45, 7) is 1.40. The van der Waals surface area contributed by atoms with Crippen LogP contribution in [0.1, 0.15) is 29.5 Å². The molecule has 0 aliphatic heterocycles. The number of fused-ring (bicyclic) bond motifs is 1. The number of carbonyl (C=O) groups excluding carboxylic acids is 1. The molecule has 0 spiro atoms. The van der Waals surface area contributed by atoms with Gasteiger partial charge in [-0.25, -0.2) is 0 Å². The Balaban J connectivity index is 1.58. The molecule has 2 N–H and O–H groups in total. The molecule has 0 bridgehead atoms. The fraction of sp³-hybridized carbons (Fsp3) is 0.250. The molecule has 0 saturated heterocycles. The van der Waals surface area contributed by atoms with Crippen LogP contribution in [0.25, 0.3) is 10.9 Å². The number of aromatic nitrogens is 1. The summed E-state index contributed by atoms with van der Waals surface area (Å²) in [6.07, 6.45) is -0.919. The molecular formula is C20H19F3N2O. The van der Waals surface area contributed by atoms with E-state index in [0.29, 0.717) is 6.42 Å². The fourth-order valence-electron chi connectivity index (χ4n) is 3.01. The number of para-hydroxylation sites is 1. The van der Waals surface area contributed by atoms with E-state index in [1.165, 1.54) is 19.1 Å². The number of hydrogen-bond acceptors (Lipinski definition) is 1. The zero-order chi connectivity index (χ0) is 18.7. The molecule has 136 valence electrons. The number of aromatic amines is 1. The maximum atomic E-state index is 12.9. The Hall–Kier alpha value is -2.76. The van der Waals surface area contributed by atoms with E-state index in [1.807, 2.05) is 30.5 Å². The van der Waals surface area contributed by atoms with Crippen LogP contribution in [0, 0.1) is 6.92 Å². The maximum absolute atomic E-state index is 12.9. The van der Waals surface area contributed by atoms with E-state index in [2.05, 4.69) is 10.3 Å². The lowest BCUT2D eigenvalue weighted by Gasteiger charge is -2.12. The number of benzene rings is 2. The highest BCUT2D eigenvalue weighted by Crippen LogP contribution is 2.33. The summed E-state index contributed by atoms with van der Waals surface area (Å²) in [4.78, 5) is 15.2. The first kappa shape index (κ1) is 18.0. The molecule has 0 fully saturated rings. The molecule has 0 unspecified atom stereocenters. The van der Waals surface area contributed by atoms with Gasteiger partial charge in [0.1, 0.15) is 0 Å². The van der Waals surface area contributed by atoms with Crippen molar-refractivity contribution in [2.75, 3.05) is 5.32 Å². The Morgan fingerprint density at radius 1 is 1.15 bits per heavy atom. The van der Waals surface area contributed by atoms with Crippen molar-refractivity contribution in [3.05, 3.63) is 65.4 Å². The van der Waals surface area contributed by atoms with Gasteiger partial charge in [0.15, 0.2) is 0 Å². The van der Waals surface area contributed by atoms with E-state index >= 15 is 0 Å². The van der Waals surface area contributed by atoms with Crippen LogP contribution in [0.15, 0.2) is 48.7 Å². The van der Waals surface area contributed by atoms with Crippen molar-refractivity contribution in [3.63, 3.8) is 0 Å². The average molecular weight is 360 g/mol. The zero-order valence-corrected chi connectivity index (χ0v) is 14.3. The minimum atomic E-state index is -4.43. The van der Waals surface area contributed by atoms with Gasteiger partial charge in [-0.3, -0.25) is 4.79 Å². The molecule has 0 aliphatic carbocycles. The van der Waals surface area contributed by atoms with Gasteiger partial charge < -0.3 is 10.3 Å². The lowest BCUT2D eigenvalue weighted by Crippen LogP contribution is -2.13. The van der Waals surface area contributed by atoms with Crippen LogP contribution in [-0.4, -0.2) is 10.9 Å². The number of nitrogens with one attached hydrogen (secondary N) is 2. The fourth-order valence-corrected chi connectivity index (χ4v) is 3.01. The summed E-state index contributed by atoms with van der Waals surface area (Å²) in [7, 11) is 0. The highest BCUT2D eigenvalue weighted by Gasteiger charge is 2.32. The van der Waals surface area contributed by atoms with Crippen molar-refractivity contribution < 1.29 is 18.0 Å². The second kappa shape index (κ2) is 7.23. The number of hydrogen-bond donors (Lipinski definition) is 2. The van der Waals surface area contributed by atoms with Crippen molar-refractivity contribution in [3.8, 4) is 0 Å². The van der Waals surface area contributed by atoms with E-state index in [-0.39, 0.29) is 23.6 Å². The Bertz CT molecular complexity index is 928. The average Bonchev–Trinajstić information content (AvgIpc) is 2.99. The molecular weight excluding hydrogens is 341 g/mol. The number of carbonyl (C=O) groups is 1. The number of H-pyrrole nitrogens is 1. The molecule has 6 heteroatoms. The van der Waals surface area contributed by atoms with Crippen LogP contribution in [0.3, 0.4) is 0 Å². The van der Waals surface area contributed by atoms with E-state index in [4.69, 9.17) is 0 Å². The van der Waals surface area contributed by atoms with Gasteiger partial charge in [-0.2, -0.15) is 13.2 Å². The molecule has 0 atom stereocenters. The normalized spacial score (nSPS) is 11.7. The topological polar surface area (TPSA) is 44.9 Å². The number of aryl methyl sites for hydroxylation is 2. The van der Waals surface area contributed by atoms with Gasteiger partial charge in [0, 0.05) is 29.2 Å². The van der Waals surface area contributed by atoms with Crippen molar-refractivity contribution in [1.82, 2.24) is 4.98 Å². The quantitative estimate of drug-likeness (QED) is 0.624. The van der Waals surface area contributed by atoms with Gasteiger partial charge in [0.05, 0.1) is 5.56 Å². The van der Waals surface area contributed by atoms with Gasteiger partial charge in [-0.15, -0.1) is 0 Å². The van der Waals surface area contributed by atoms with E-state index in [1.54, 1.807) is 0 Å². The van der Waals surface area contributed by atoms with E-state index in [9.17, 15) is 18.0 Å². The molecule has 3 nitrogen and oxygen atoms in total. The first-order valence-electron chi connectivity index (χ1n) is 8.37. The maximum Gasteiger partial charge on any atom is 0.416 e. The number of alkyl halides is 3. The van der Waals surface area contributed by atoms with Crippen molar-refractivity contribution >= 4 is 22.5 Å². The molecule has 1 amide bonds. The lowest BCUT2D eigenvalue weighted by molar-refractivity contribution is -0.138. The van der Waals surface area contributed by atoms with Gasteiger partial charge in [-0.05, 0) is 49.1 Å². The minimum absolute atomic E-state index is 0.134. The van der Waals surface area contributed by atoms with Gasteiger partial charge in [-0.1, -0.05) is 24.3 Å².